The molecule has 0 unspecified atom stereocenters. The molecule has 1 aromatic carbocycles. The molecule has 0 amide bonds. The van der Waals surface area contributed by atoms with Crippen LogP contribution in [0, 0.1) is 5.92 Å². The largest absolute Gasteiger partial charge is 0.490 e. The summed E-state index contributed by atoms with van der Waals surface area (Å²) in [6.45, 7) is 4.42. The highest BCUT2D eigenvalue weighted by atomic mass is 16.5. The maximum Gasteiger partial charge on any atom is 0.312 e. The minimum Gasteiger partial charge on any atom is -0.490 e. The van der Waals surface area contributed by atoms with Gasteiger partial charge in [0, 0.05) is 0 Å². The monoisotopic (exact) mass is 276 g/mol. The van der Waals surface area contributed by atoms with Crippen molar-refractivity contribution in [1.82, 2.24) is 0 Å². The molecule has 2 rings (SSSR count). The number of carbonyl (C=O) groups excluding carboxylic acids is 1. The second-order valence-corrected chi connectivity index (χ2v) is 5.30. The lowest BCUT2D eigenvalue weighted by molar-refractivity contribution is -0.152. The van der Waals surface area contributed by atoms with Crippen LogP contribution in [-0.4, -0.2) is 18.7 Å². The molecule has 3 nitrogen and oxygen atoms in total. The van der Waals surface area contributed by atoms with Crippen molar-refractivity contribution in [1.29, 1.82) is 0 Å². The summed E-state index contributed by atoms with van der Waals surface area (Å²) in [6.07, 6.45) is 4.98. The molecule has 0 saturated heterocycles. The van der Waals surface area contributed by atoms with Crippen LogP contribution in [0.1, 0.15) is 45.1 Å². The molecule has 1 aliphatic carbocycles. The van der Waals surface area contributed by atoms with Crippen LogP contribution < -0.4 is 4.74 Å². The molecular weight excluding hydrogens is 252 g/mol. The van der Waals surface area contributed by atoms with Gasteiger partial charge in [0.05, 0.1) is 12.5 Å². The lowest BCUT2D eigenvalue weighted by atomic mass is 9.86. The molecule has 1 saturated carbocycles. The quantitative estimate of drug-likeness (QED) is 0.768. The Bertz CT molecular complexity index is 424. The molecule has 0 bridgehead atoms. The van der Waals surface area contributed by atoms with Crippen molar-refractivity contribution in [2.45, 2.75) is 52.1 Å². The zero-order valence-electron chi connectivity index (χ0n) is 12.4. The van der Waals surface area contributed by atoms with Crippen molar-refractivity contribution >= 4 is 5.97 Å². The van der Waals surface area contributed by atoms with E-state index in [1.165, 1.54) is 5.56 Å². The first-order chi connectivity index (χ1) is 9.74. The van der Waals surface area contributed by atoms with Crippen LogP contribution in [0.5, 0.6) is 5.75 Å². The van der Waals surface area contributed by atoms with E-state index in [0.29, 0.717) is 6.61 Å². The summed E-state index contributed by atoms with van der Waals surface area (Å²) in [5, 5.41) is 0. The average Bonchev–Trinajstić information content (AvgIpc) is 2.49. The van der Waals surface area contributed by atoms with Crippen LogP contribution in [0.4, 0.5) is 0 Å². The van der Waals surface area contributed by atoms with Gasteiger partial charge in [0.25, 0.3) is 0 Å². The molecule has 0 heterocycles. The molecule has 1 fully saturated rings. The number of esters is 1. The van der Waals surface area contributed by atoms with E-state index in [1.807, 2.05) is 19.1 Å². The molecule has 1 aromatic rings. The summed E-state index contributed by atoms with van der Waals surface area (Å²) in [6, 6.07) is 8.15. The van der Waals surface area contributed by atoms with Crippen LogP contribution in [-0.2, 0) is 16.0 Å². The predicted molar refractivity (Wildman–Crippen MR) is 78.8 cm³/mol. The molecule has 2 atom stereocenters. The van der Waals surface area contributed by atoms with E-state index in [9.17, 15) is 4.79 Å². The van der Waals surface area contributed by atoms with E-state index in [4.69, 9.17) is 9.47 Å². The van der Waals surface area contributed by atoms with Crippen molar-refractivity contribution in [2.24, 2.45) is 5.92 Å². The van der Waals surface area contributed by atoms with Crippen molar-refractivity contribution in [3.05, 3.63) is 29.8 Å². The Labute approximate surface area is 121 Å². The number of ether oxygens (including phenoxy) is 2. The maximum absolute atomic E-state index is 12.0. The Balaban J connectivity index is 2.02. The molecule has 1 aliphatic rings. The fourth-order valence-corrected chi connectivity index (χ4v) is 2.74. The van der Waals surface area contributed by atoms with E-state index in [0.717, 1.165) is 37.9 Å². The van der Waals surface area contributed by atoms with Crippen LogP contribution >= 0.6 is 0 Å². The molecule has 0 radical (unpaired) electrons. The highest BCUT2D eigenvalue weighted by Gasteiger charge is 2.33. The SMILES string of the molecule is CCOC(=O)[C@@H]1CCCC[C@@H]1Oc1ccc(CC)cc1. The number of rotatable bonds is 5. The first kappa shape index (κ1) is 14.9. The number of hydrogen-bond donors (Lipinski definition) is 0. The third-order valence-electron chi connectivity index (χ3n) is 3.91. The van der Waals surface area contributed by atoms with E-state index in [-0.39, 0.29) is 18.0 Å². The Morgan fingerprint density at radius 3 is 2.50 bits per heavy atom. The summed E-state index contributed by atoms with van der Waals surface area (Å²) in [5.41, 5.74) is 1.29. The van der Waals surface area contributed by atoms with Crippen LogP contribution in [0.25, 0.3) is 0 Å². The van der Waals surface area contributed by atoms with Gasteiger partial charge in [-0.1, -0.05) is 25.5 Å². The Hall–Kier alpha value is -1.51. The molecule has 0 spiro atoms. The van der Waals surface area contributed by atoms with Crippen molar-refractivity contribution < 1.29 is 14.3 Å². The van der Waals surface area contributed by atoms with E-state index < -0.39 is 0 Å². The molecule has 20 heavy (non-hydrogen) atoms. The van der Waals surface area contributed by atoms with Gasteiger partial charge < -0.3 is 9.47 Å². The van der Waals surface area contributed by atoms with Gasteiger partial charge >= 0.3 is 5.97 Å². The molecular formula is C17H24O3. The standard InChI is InChI=1S/C17H24O3/c1-3-13-9-11-14(12-10-13)20-16-8-6-5-7-15(16)17(18)19-4-2/h9-12,15-16H,3-8H2,1-2H3/t15-,16+/m1/s1. The van der Waals surface area contributed by atoms with Gasteiger partial charge in [-0.05, 0) is 50.3 Å². The van der Waals surface area contributed by atoms with Gasteiger partial charge in [0.1, 0.15) is 11.9 Å². The fourth-order valence-electron chi connectivity index (χ4n) is 2.74. The van der Waals surface area contributed by atoms with Crippen molar-refractivity contribution in [2.75, 3.05) is 6.61 Å². The number of hydrogen-bond acceptors (Lipinski definition) is 3. The molecule has 0 aromatic heterocycles. The lowest BCUT2D eigenvalue weighted by Crippen LogP contribution is -2.36. The van der Waals surface area contributed by atoms with E-state index in [2.05, 4.69) is 19.1 Å². The second-order valence-electron chi connectivity index (χ2n) is 5.30. The highest BCUT2D eigenvalue weighted by Crippen LogP contribution is 2.29. The zero-order chi connectivity index (χ0) is 14.4. The van der Waals surface area contributed by atoms with Crippen LogP contribution in [0.15, 0.2) is 24.3 Å². The molecule has 0 N–H and O–H groups in total. The Kier molecular flexibility index (Phi) is 5.45. The van der Waals surface area contributed by atoms with Gasteiger partial charge in [-0.2, -0.15) is 0 Å². The van der Waals surface area contributed by atoms with Gasteiger partial charge in [-0.25, -0.2) is 0 Å². The average molecular weight is 276 g/mol. The summed E-state index contributed by atoms with van der Waals surface area (Å²) in [7, 11) is 0. The summed E-state index contributed by atoms with van der Waals surface area (Å²) in [4.78, 5) is 12.0. The highest BCUT2D eigenvalue weighted by molar-refractivity contribution is 5.73. The van der Waals surface area contributed by atoms with Gasteiger partial charge in [-0.15, -0.1) is 0 Å². The molecule has 3 heteroatoms. The smallest absolute Gasteiger partial charge is 0.312 e. The topological polar surface area (TPSA) is 35.5 Å². The first-order valence-corrected chi connectivity index (χ1v) is 7.66. The van der Waals surface area contributed by atoms with Gasteiger partial charge in [0.15, 0.2) is 0 Å². The van der Waals surface area contributed by atoms with E-state index in [1.54, 1.807) is 0 Å². The van der Waals surface area contributed by atoms with Crippen LogP contribution in [0.3, 0.4) is 0 Å². The summed E-state index contributed by atoms with van der Waals surface area (Å²) >= 11 is 0. The first-order valence-electron chi connectivity index (χ1n) is 7.66. The lowest BCUT2D eigenvalue weighted by Gasteiger charge is -2.30. The van der Waals surface area contributed by atoms with Crippen LogP contribution in [0.2, 0.25) is 0 Å². The Morgan fingerprint density at radius 2 is 1.85 bits per heavy atom. The minimum atomic E-state index is -0.116. The number of benzene rings is 1. The second kappa shape index (κ2) is 7.32. The normalized spacial score (nSPS) is 22.3. The fraction of sp³-hybridized carbons (Fsp3) is 0.588. The third kappa shape index (κ3) is 3.75. The predicted octanol–water partition coefficient (Wildman–Crippen LogP) is 3.75. The molecule has 0 aliphatic heterocycles. The Morgan fingerprint density at radius 1 is 1.15 bits per heavy atom. The van der Waals surface area contributed by atoms with Crippen molar-refractivity contribution in [3.8, 4) is 5.75 Å². The van der Waals surface area contributed by atoms with E-state index >= 15 is 0 Å². The number of carbonyl (C=O) groups is 1. The minimum absolute atomic E-state index is 0.0460. The van der Waals surface area contributed by atoms with Gasteiger partial charge in [0.2, 0.25) is 0 Å². The summed E-state index contributed by atoms with van der Waals surface area (Å²) < 4.78 is 11.2. The summed E-state index contributed by atoms with van der Waals surface area (Å²) in [5.74, 6) is 0.625. The number of aryl methyl sites for hydroxylation is 1. The third-order valence-corrected chi connectivity index (χ3v) is 3.91. The van der Waals surface area contributed by atoms with Crippen molar-refractivity contribution in [3.63, 3.8) is 0 Å². The maximum atomic E-state index is 12.0. The van der Waals surface area contributed by atoms with Gasteiger partial charge in [-0.3, -0.25) is 4.79 Å². The zero-order valence-corrected chi connectivity index (χ0v) is 12.4. The molecule has 110 valence electrons.